The van der Waals surface area contributed by atoms with Crippen LogP contribution in [0.15, 0.2) is 65.5 Å². The lowest BCUT2D eigenvalue weighted by atomic mass is 9.83. The molecule has 2 atom stereocenters. The van der Waals surface area contributed by atoms with E-state index in [4.69, 9.17) is 4.74 Å². The Labute approximate surface area is 220 Å². The van der Waals surface area contributed by atoms with Crippen LogP contribution in [0.25, 0.3) is 22.5 Å². The van der Waals surface area contributed by atoms with E-state index in [2.05, 4.69) is 62.6 Å². The van der Waals surface area contributed by atoms with E-state index in [0.29, 0.717) is 18.7 Å². The molecule has 38 heavy (non-hydrogen) atoms. The van der Waals surface area contributed by atoms with Crippen LogP contribution in [0.4, 0.5) is 0 Å². The summed E-state index contributed by atoms with van der Waals surface area (Å²) < 4.78 is 8.95. The van der Waals surface area contributed by atoms with E-state index in [-0.39, 0.29) is 17.6 Å². The molecule has 3 aliphatic rings. The molecule has 1 N–H and O–H groups in total. The Morgan fingerprint density at radius 1 is 1.16 bits per heavy atom. The first kappa shape index (κ1) is 24.1. The summed E-state index contributed by atoms with van der Waals surface area (Å²) >= 11 is 0. The highest BCUT2D eigenvalue weighted by molar-refractivity contribution is 5.82. The van der Waals surface area contributed by atoms with Crippen LogP contribution in [0.2, 0.25) is 0 Å². The largest absolute Gasteiger partial charge is 0.467 e. The van der Waals surface area contributed by atoms with Gasteiger partial charge in [-0.15, -0.1) is 5.10 Å². The summed E-state index contributed by atoms with van der Waals surface area (Å²) in [6.07, 6.45) is 8.63. The Balaban J connectivity index is 1.39. The van der Waals surface area contributed by atoms with Crippen molar-refractivity contribution in [3.05, 3.63) is 87.9 Å². The van der Waals surface area contributed by atoms with Crippen LogP contribution < -0.4 is 5.56 Å². The van der Waals surface area contributed by atoms with Gasteiger partial charge in [-0.3, -0.25) is 9.48 Å². The SMILES string of the molecule is CCCCc1c(Cc2ccc(-c3ccccc3-c3nnn[nH]3)cc2)c(=O)n2n1C1C=CC2(C(=O)OC)CC1. The second-order valence-electron chi connectivity index (χ2n) is 10.0. The van der Waals surface area contributed by atoms with Crippen molar-refractivity contribution in [1.29, 1.82) is 0 Å². The van der Waals surface area contributed by atoms with Crippen molar-refractivity contribution in [1.82, 2.24) is 30.0 Å². The number of nitrogens with zero attached hydrogens (tertiary/aromatic N) is 5. The number of carbonyl (C=O) groups is 1. The van der Waals surface area contributed by atoms with Crippen LogP contribution in [-0.4, -0.2) is 43.1 Å². The fourth-order valence-corrected chi connectivity index (χ4v) is 5.97. The first-order valence-electron chi connectivity index (χ1n) is 13.1. The average Bonchev–Trinajstić information content (AvgIpc) is 3.61. The van der Waals surface area contributed by atoms with Crippen molar-refractivity contribution in [3.8, 4) is 22.5 Å². The predicted molar refractivity (Wildman–Crippen MR) is 143 cm³/mol. The lowest BCUT2D eigenvalue weighted by molar-refractivity contribution is -0.152. The molecule has 2 aromatic carbocycles. The molecular weight excluding hydrogens is 480 g/mol. The highest BCUT2D eigenvalue weighted by Crippen LogP contribution is 2.42. The molecular formula is C29H30N6O3. The number of unbranched alkanes of at least 4 members (excludes halogenated alkanes) is 1. The van der Waals surface area contributed by atoms with Gasteiger partial charge in [0.25, 0.3) is 5.56 Å². The minimum atomic E-state index is -1.07. The number of aromatic amines is 1. The number of tetrazole rings is 1. The fraction of sp³-hybridized carbons (Fsp3) is 0.345. The van der Waals surface area contributed by atoms with Crippen molar-refractivity contribution in [2.45, 2.75) is 57.0 Å². The van der Waals surface area contributed by atoms with Gasteiger partial charge in [-0.1, -0.05) is 68.0 Å². The quantitative estimate of drug-likeness (QED) is 0.281. The van der Waals surface area contributed by atoms with Crippen molar-refractivity contribution >= 4 is 5.97 Å². The first-order valence-corrected chi connectivity index (χ1v) is 13.1. The maximum Gasteiger partial charge on any atom is 0.337 e. The normalized spacial score (nSPS) is 19.5. The summed E-state index contributed by atoms with van der Waals surface area (Å²) in [6, 6.07) is 16.3. The number of nitrogens with one attached hydrogen (secondary N) is 1. The number of H-pyrrole nitrogens is 1. The molecule has 2 aromatic heterocycles. The minimum Gasteiger partial charge on any atom is -0.467 e. The monoisotopic (exact) mass is 510 g/mol. The third-order valence-corrected chi connectivity index (χ3v) is 7.88. The van der Waals surface area contributed by atoms with E-state index >= 15 is 0 Å². The van der Waals surface area contributed by atoms with Gasteiger partial charge in [0.1, 0.15) is 0 Å². The molecule has 0 spiro atoms. The lowest BCUT2D eigenvalue weighted by Crippen LogP contribution is -2.54. The number of methoxy groups -OCH3 is 1. The molecule has 0 amide bonds. The lowest BCUT2D eigenvalue weighted by Gasteiger charge is -2.43. The van der Waals surface area contributed by atoms with E-state index < -0.39 is 5.54 Å². The number of hydrogen-bond donors (Lipinski definition) is 1. The van der Waals surface area contributed by atoms with E-state index in [1.165, 1.54) is 7.11 Å². The molecule has 2 bridgehead atoms. The summed E-state index contributed by atoms with van der Waals surface area (Å²) in [6.45, 7) is 2.15. The van der Waals surface area contributed by atoms with Gasteiger partial charge >= 0.3 is 5.97 Å². The number of carbonyl (C=O) groups excluding carboxylic acids is 1. The molecule has 2 unspecified atom stereocenters. The zero-order valence-electron chi connectivity index (χ0n) is 21.6. The molecule has 1 aliphatic carbocycles. The van der Waals surface area contributed by atoms with Gasteiger partial charge in [0.15, 0.2) is 11.4 Å². The summed E-state index contributed by atoms with van der Waals surface area (Å²) in [5.41, 5.74) is 4.65. The first-order chi connectivity index (χ1) is 18.6. The maximum absolute atomic E-state index is 14.0. The topological polar surface area (TPSA) is 108 Å². The van der Waals surface area contributed by atoms with Crippen molar-refractivity contribution < 1.29 is 9.53 Å². The summed E-state index contributed by atoms with van der Waals surface area (Å²) in [5, 5.41) is 14.3. The fourth-order valence-electron chi connectivity index (χ4n) is 5.97. The summed E-state index contributed by atoms with van der Waals surface area (Å²) in [7, 11) is 1.39. The molecule has 0 radical (unpaired) electrons. The third kappa shape index (κ3) is 3.72. The standard InChI is InChI=1S/C29H30N6O3/c1-3-4-9-25-24(27(36)35-29(28(37)38-2)16-14-21(15-17-29)34(25)35)18-19-10-12-20(13-11-19)22-7-5-6-8-23(22)26-30-32-33-31-26/h5-8,10-14,16,21H,3-4,9,15,17-18H2,1-2H3,(H,30,31,32,33). The molecule has 4 aromatic rings. The molecule has 194 valence electrons. The van der Waals surface area contributed by atoms with E-state index in [1.807, 2.05) is 30.3 Å². The zero-order valence-corrected chi connectivity index (χ0v) is 21.6. The zero-order chi connectivity index (χ0) is 26.3. The average molecular weight is 511 g/mol. The van der Waals surface area contributed by atoms with Gasteiger partial charge in [0.2, 0.25) is 0 Å². The molecule has 4 heterocycles. The number of hydrogen-bond acceptors (Lipinski definition) is 6. The number of benzene rings is 2. The predicted octanol–water partition coefficient (Wildman–Crippen LogP) is 4.20. The smallest absolute Gasteiger partial charge is 0.337 e. The third-order valence-electron chi connectivity index (χ3n) is 7.88. The van der Waals surface area contributed by atoms with E-state index in [9.17, 15) is 9.59 Å². The Kier molecular flexibility index (Phi) is 6.06. The van der Waals surface area contributed by atoms with Crippen LogP contribution >= 0.6 is 0 Å². The molecule has 0 saturated carbocycles. The summed E-state index contributed by atoms with van der Waals surface area (Å²) in [5.74, 6) is 0.228. The minimum absolute atomic E-state index is 0.0827. The Hall–Kier alpha value is -4.27. The van der Waals surface area contributed by atoms with Crippen LogP contribution in [0.1, 0.15) is 55.5 Å². The van der Waals surface area contributed by atoms with Crippen LogP contribution in [0.5, 0.6) is 0 Å². The molecule has 9 heteroatoms. The number of ether oxygens (including phenoxy) is 1. The van der Waals surface area contributed by atoms with Gasteiger partial charge in [-0.2, -0.15) is 0 Å². The molecule has 2 aliphatic heterocycles. The van der Waals surface area contributed by atoms with Crippen molar-refractivity contribution in [3.63, 3.8) is 0 Å². The Morgan fingerprint density at radius 2 is 1.95 bits per heavy atom. The number of rotatable bonds is 8. The van der Waals surface area contributed by atoms with Gasteiger partial charge in [0.05, 0.1) is 13.2 Å². The second-order valence-corrected chi connectivity index (χ2v) is 10.0. The van der Waals surface area contributed by atoms with Crippen LogP contribution in [-0.2, 0) is 27.9 Å². The number of allylic oxidation sites excluding steroid dienone is 1. The number of fused-ring (bicyclic) bond motifs is 1. The molecule has 7 rings (SSSR count). The maximum atomic E-state index is 14.0. The molecule has 0 saturated heterocycles. The van der Waals surface area contributed by atoms with Crippen LogP contribution in [0.3, 0.4) is 0 Å². The molecule has 0 fully saturated rings. The van der Waals surface area contributed by atoms with Gasteiger partial charge in [-0.05, 0) is 58.9 Å². The summed E-state index contributed by atoms with van der Waals surface area (Å²) in [4.78, 5) is 26.9. The Bertz CT molecular complexity index is 1560. The Morgan fingerprint density at radius 3 is 2.61 bits per heavy atom. The van der Waals surface area contributed by atoms with Crippen molar-refractivity contribution in [2.75, 3.05) is 7.11 Å². The van der Waals surface area contributed by atoms with Crippen molar-refractivity contribution in [2.24, 2.45) is 0 Å². The highest BCUT2D eigenvalue weighted by Gasteiger charge is 2.50. The van der Waals surface area contributed by atoms with Gasteiger partial charge < -0.3 is 4.74 Å². The van der Waals surface area contributed by atoms with Gasteiger partial charge in [-0.25, -0.2) is 14.6 Å². The van der Waals surface area contributed by atoms with E-state index in [1.54, 1.807) is 4.68 Å². The highest BCUT2D eigenvalue weighted by atomic mass is 16.5. The van der Waals surface area contributed by atoms with E-state index in [0.717, 1.165) is 59.2 Å². The van der Waals surface area contributed by atoms with Crippen LogP contribution in [0, 0.1) is 0 Å². The number of esters is 1. The molecule has 9 nitrogen and oxygen atoms in total. The second kappa shape index (κ2) is 9.55. The number of aromatic nitrogens is 6. The van der Waals surface area contributed by atoms with Gasteiger partial charge in [0, 0.05) is 23.2 Å².